The highest BCUT2D eigenvalue weighted by Gasteiger charge is 2.15. The number of rotatable bonds is 6. The predicted octanol–water partition coefficient (Wildman–Crippen LogP) is 2.65. The molecule has 23 heavy (non-hydrogen) atoms. The van der Waals surface area contributed by atoms with Crippen LogP contribution >= 0.6 is 11.6 Å². The molecule has 0 saturated heterocycles. The molecule has 2 heterocycles. The minimum absolute atomic E-state index is 0.108. The van der Waals surface area contributed by atoms with Gasteiger partial charge in [0.15, 0.2) is 26.5 Å². The monoisotopic (exact) mass is 354 g/mol. The largest absolute Gasteiger partial charge is 0.338 e. The average Bonchev–Trinajstić information content (AvgIpc) is 2.47. The first-order valence-electron chi connectivity index (χ1n) is 6.81. The molecule has 122 valence electrons. The quantitative estimate of drug-likeness (QED) is 0.795. The third kappa shape index (κ3) is 4.46. The summed E-state index contributed by atoms with van der Waals surface area (Å²) in [5.41, 5.74) is 0.549. The fraction of sp³-hybridized carbons (Fsp3) is 0.286. The van der Waals surface area contributed by atoms with Gasteiger partial charge in [0, 0.05) is 24.9 Å². The van der Waals surface area contributed by atoms with Gasteiger partial charge in [0.1, 0.15) is 5.82 Å². The van der Waals surface area contributed by atoms with E-state index in [0.29, 0.717) is 24.3 Å². The molecule has 0 aromatic carbocycles. The van der Waals surface area contributed by atoms with Crippen molar-refractivity contribution >= 4 is 38.7 Å². The van der Waals surface area contributed by atoms with Crippen LogP contribution in [0.1, 0.15) is 30.3 Å². The standard InChI is InChI=1S/C14H15ClN4O3S/c1-3-4-11(20)14-10(7-12(15)18-19-14)17-13-6-5-9(8-16-13)23(2,21)22/h5-8H,3-4H2,1-2H3,(H,16,17,18). The van der Waals surface area contributed by atoms with Crippen LogP contribution in [-0.2, 0) is 9.84 Å². The highest BCUT2D eigenvalue weighted by atomic mass is 35.5. The summed E-state index contributed by atoms with van der Waals surface area (Å²) in [4.78, 5) is 16.2. The SMILES string of the molecule is CCCC(=O)c1nnc(Cl)cc1Nc1ccc(S(C)(=O)=O)cn1. The third-order valence-electron chi connectivity index (χ3n) is 2.93. The van der Waals surface area contributed by atoms with E-state index in [9.17, 15) is 13.2 Å². The molecule has 0 amide bonds. The van der Waals surface area contributed by atoms with Crippen molar-refractivity contribution in [3.8, 4) is 0 Å². The number of halogens is 1. The Hall–Kier alpha value is -2.06. The van der Waals surface area contributed by atoms with Crippen molar-refractivity contribution < 1.29 is 13.2 Å². The van der Waals surface area contributed by atoms with Crippen LogP contribution in [0.5, 0.6) is 0 Å². The second-order valence-electron chi connectivity index (χ2n) is 4.88. The van der Waals surface area contributed by atoms with E-state index in [0.717, 1.165) is 6.26 Å². The number of ketones is 1. The first kappa shape index (κ1) is 17.3. The third-order valence-corrected chi connectivity index (χ3v) is 4.22. The molecule has 9 heteroatoms. The summed E-state index contributed by atoms with van der Waals surface area (Å²) in [6.45, 7) is 1.89. The Bertz CT molecular complexity index is 822. The van der Waals surface area contributed by atoms with E-state index in [1.807, 2.05) is 6.92 Å². The van der Waals surface area contributed by atoms with Gasteiger partial charge in [-0.2, -0.15) is 0 Å². The van der Waals surface area contributed by atoms with Crippen LogP contribution in [0.15, 0.2) is 29.3 Å². The molecule has 0 radical (unpaired) electrons. The molecule has 1 N–H and O–H groups in total. The Labute approximate surface area is 139 Å². The number of aromatic nitrogens is 3. The lowest BCUT2D eigenvalue weighted by Crippen LogP contribution is -2.09. The van der Waals surface area contributed by atoms with Crippen molar-refractivity contribution in [2.45, 2.75) is 24.7 Å². The van der Waals surface area contributed by atoms with Crippen LogP contribution in [-0.4, -0.2) is 35.6 Å². The molecule has 0 atom stereocenters. The van der Waals surface area contributed by atoms with E-state index >= 15 is 0 Å². The van der Waals surface area contributed by atoms with Crippen molar-refractivity contribution in [2.24, 2.45) is 0 Å². The molecule has 0 fully saturated rings. The van der Waals surface area contributed by atoms with Crippen LogP contribution in [0.3, 0.4) is 0 Å². The Morgan fingerprint density at radius 1 is 1.30 bits per heavy atom. The molecule has 0 saturated carbocycles. The molecule has 2 aromatic rings. The Balaban J connectivity index is 2.32. The fourth-order valence-electron chi connectivity index (χ4n) is 1.83. The van der Waals surface area contributed by atoms with Crippen LogP contribution in [0, 0.1) is 0 Å². The van der Waals surface area contributed by atoms with Gasteiger partial charge in [-0.15, -0.1) is 10.2 Å². The van der Waals surface area contributed by atoms with Crippen molar-refractivity contribution in [3.63, 3.8) is 0 Å². The molecule has 2 rings (SSSR count). The van der Waals surface area contributed by atoms with Gasteiger partial charge in [0.2, 0.25) is 0 Å². The van der Waals surface area contributed by atoms with Gasteiger partial charge >= 0.3 is 0 Å². The first-order valence-corrected chi connectivity index (χ1v) is 9.07. The van der Waals surface area contributed by atoms with Crippen molar-refractivity contribution in [1.29, 1.82) is 0 Å². The molecular weight excluding hydrogens is 340 g/mol. The normalized spacial score (nSPS) is 11.3. The van der Waals surface area contributed by atoms with E-state index in [2.05, 4.69) is 20.5 Å². The summed E-state index contributed by atoms with van der Waals surface area (Å²) >= 11 is 5.83. The average molecular weight is 355 g/mol. The van der Waals surface area contributed by atoms with Gasteiger partial charge in [-0.3, -0.25) is 4.79 Å². The summed E-state index contributed by atoms with van der Waals surface area (Å²) in [5.74, 6) is 0.207. The molecule has 0 bridgehead atoms. The van der Waals surface area contributed by atoms with Gasteiger partial charge in [-0.1, -0.05) is 18.5 Å². The zero-order valence-electron chi connectivity index (χ0n) is 12.6. The van der Waals surface area contributed by atoms with Crippen molar-refractivity contribution in [1.82, 2.24) is 15.2 Å². The van der Waals surface area contributed by atoms with Gasteiger partial charge in [-0.25, -0.2) is 13.4 Å². The minimum Gasteiger partial charge on any atom is -0.338 e. The summed E-state index contributed by atoms with van der Waals surface area (Å²) in [5, 5.41) is 10.6. The number of sulfone groups is 1. The Morgan fingerprint density at radius 2 is 2.04 bits per heavy atom. The number of Topliss-reactive ketones (excluding diaryl/α,β-unsaturated/α-hetero) is 1. The zero-order valence-corrected chi connectivity index (χ0v) is 14.1. The summed E-state index contributed by atoms with van der Waals surface area (Å²) in [6, 6.07) is 4.40. The van der Waals surface area contributed by atoms with E-state index < -0.39 is 9.84 Å². The Kier molecular flexibility index (Phi) is 5.27. The lowest BCUT2D eigenvalue weighted by Gasteiger charge is -2.10. The molecule has 0 aliphatic rings. The minimum atomic E-state index is -3.32. The predicted molar refractivity (Wildman–Crippen MR) is 86.9 cm³/mol. The number of hydrogen-bond donors (Lipinski definition) is 1. The Morgan fingerprint density at radius 3 is 2.61 bits per heavy atom. The molecule has 0 aliphatic heterocycles. The maximum atomic E-state index is 12.1. The van der Waals surface area contributed by atoms with Crippen molar-refractivity contribution in [3.05, 3.63) is 35.2 Å². The van der Waals surface area contributed by atoms with E-state index in [1.54, 1.807) is 0 Å². The number of nitrogens with zero attached hydrogens (tertiary/aromatic N) is 3. The second kappa shape index (κ2) is 7.01. The van der Waals surface area contributed by atoms with Crippen LogP contribution < -0.4 is 5.32 Å². The van der Waals surface area contributed by atoms with E-state index in [1.165, 1.54) is 24.4 Å². The summed E-state index contributed by atoms with van der Waals surface area (Å²) in [6.07, 6.45) is 3.36. The number of pyridine rings is 1. The van der Waals surface area contributed by atoms with E-state index in [4.69, 9.17) is 11.6 Å². The van der Waals surface area contributed by atoms with Crippen LogP contribution in [0.4, 0.5) is 11.5 Å². The number of nitrogens with one attached hydrogen (secondary N) is 1. The maximum Gasteiger partial charge on any atom is 0.185 e. The summed E-state index contributed by atoms with van der Waals surface area (Å²) in [7, 11) is -3.32. The smallest absolute Gasteiger partial charge is 0.185 e. The van der Waals surface area contributed by atoms with Crippen LogP contribution in [0.2, 0.25) is 5.15 Å². The van der Waals surface area contributed by atoms with Gasteiger partial charge in [0.25, 0.3) is 0 Å². The number of carbonyl (C=O) groups excluding carboxylic acids is 1. The highest BCUT2D eigenvalue weighted by molar-refractivity contribution is 7.90. The number of hydrogen-bond acceptors (Lipinski definition) is 7. The molecular formula is C14H15ClN4O3S. The lowest BCUT2D eigenvalue weighted by atomic mass is 10.1. The van der Waals surface area contributed by atoms with Gasteiger partial charge in [-0.05, 0) is 18.6 Å². The molecule has 7 nitrogen and oxygen atoms in total. The number of anilines is 2. The molecule has 0 spiro atoms. The van der Waals surface area contributed by atoms with Crippen LogP contribution in [0.25, 0.3) is 0 Å². The summed E-state index contributed by atoms with van der Waals surface area (Å²) < 4.78 is 22.8. The number of carbonyl (C=O) groups is 1. The first-order chi connectivity index (χ1) is 10.8. The fourth-order valence-corrected chi connectivity index (χ4v) is 2.53. The van der Waals surface area contributed by atoms with Crippen molar-refractivity contribution in [2.75, 3.05) is 11.6 Å². The molecule has 0 aliphatic carbocycles. The highest BCUT2D eigenvalue weighted by Crippen LogP contribution is 2.22. The molecule has 2 aromatic heterocycles. The topological polar surface area (TPSA) is 102 Å². The molecule has 0 unspecified atom stereocenters. The van der Waals surface area contributed by atoms with Gasteiger partial charge in [0.05, 0.1) is 10.6 Å². The lowest BCUT2D eigenvalue weighted by molar-refractivity contribution is 0.0977. The second-order valence-corrected chi connectivity index (χ2v) is 7.28. The van der Waals surface area contributed by atoms with E-state index in [-0.39, 0.29) is 21.5 Å². The maximum absolute atomic E-state index is 12.1. The zero-order chi connectivity index (χ0) is 17.0. The van der Waals surface area contributed by atoms with Gasteiger partial charge < -0.3 is 5.32 Å².